The molecule has 18 heavy (non-hydrogen) atoms. The Hall–Kier alpha value is -0.920. The Balaban J connectivity index is 2.01. The molecule has 100 valence electrons. The Morgan fingerprint density at radius 2 is 1.28 bits per heavy atom. The summed E-state index contributed by atoms with van der Waals surface area (Å²) in [7, 11) is 0. The van der Waals surface area contributed by atoms with Crippen molar-refractivity contribution in [3.8, 4) is 0 Å². The molecule has 0 saturated heterocycles. The lowest BCUT2D eigenvalue weighted by Gasteiger charge is -2.08. The summed E-state index contributed by atoms with van der Waals surface area (Å²) in [5, 5.41) is 8.65. The highest BCUT2D eigenvalue weighted by Gasteiger charge is 2.06. The second kappa shape index (κ2) is 7.50. The van der Waals surface area contributed by atoms with Crippen molar-refractivity contribution < 1.29 is 0 Å². The summed E-state index contributed by atoms with van der Waals surface area (Å²) in [6, 6.07) is 2.25. The van der Waals surface area contributed by atoms with Crippen LogP contribution in [0.1, 0.15) is 74.7 Å². The Morgan fingerprint density at radius 3 is 1.94 bits per heavy atom. The first-order valence-electron chi connectivity index (χ1n) is 7.68. The van der Waals surface area contributed by atoms with Crippen molar-refractivity contribution in [1.29, 1.82) is 0 Å². The van der Waals surface area contributed by atoms with E-state index in [4.69, 9.17) is 0 Å². The number of fused-ring (bicyclic) bond motifs is 1. The van der Waals surface area contributed by atoms with E-state index in [1.165, 1.54) is 75.5 Å². The topological polar surface area (TPSA) is 25.8 Å². The fourth-order valence-corrected chi connectivity index (χ4v) is 2.84. The average Bonchev–Trinajstić information content (AvgIpc) is 2.39. The standard InChI is InChI=1S/C16H26N2/c1-14-13-15-11-9-7-5-3-2-4-6-8-10-12-16(15)18-17-14/h13H,2-12H2,1H3. The monoisotopic (exact) mass is 246 g/mol. The largest absolute Gasteiger partial charge is 0.156 e. The fourth-order valence-electron chi connectivity index (χ4n) is 2.84. The molecule has 0 aromatic carbocycles. The van der Waals surface area contributed by atoms with Gasteiger partial charge in [0.1, 0.15) is 0 Å². The lowest BCUT2D eigenvalue weighted by atomic mass is 10.0. The molecule has 0 unspecified atom stereocenters. The highest BCUT2D eigenvalue weighted by atomic mass is 15.1. The second-order valence-electron chi connectivity index (χ2n) is 5.64. The molecule has 0 N–H and O–H groups in total. The molecule has 1 aromatic rings. The molecule has 0 fully saturated rings. The van der Waals surface area contributed by atoms with Crippen LogP contribution in [0.25, 0.3) is 0 Å². The van der Waals surface area contributed by atoms with E-state index in [0.717, 1.165) is 12.1 Å². The smallest absolute Gasteiger partial charge is 0.0663 e. The number of rotatable bonds is 0. The normalized spacial score (nSPS) is 19.2. The van der Waals surface area contributed by atoms with Crippen molar-refractivity contribution in [1.82, 2.24) is 10.2 Å². The molecule has 1 aromatic heterocycles. The lowest BCUT2D eigenvalue weighted by molar-refractivity contribution is 0.563. The predicted octanol–water partition coefficient (Wildman–Crippen LogP) is 4.39. The van der Waals surface area contributed by atoms with E-state index < -0.39 is 0 Å². The summed E-state index contributed by atoms with van der Waals surface area (Å²) in [6.07, 6.45) is 14.8. The van der Waals surface area contributed by atoms with Crippen molar-refractivity contribution in [3.05, 3.63) is 23.0 Å². The molecule has 0 bridgehead atoms. The van der Waals surface area contributed by atoms with E-state index >= 15 is 0 Å². The molecule has 0 atom stereocenters. The van der Waals surface area contributed by atoms with Gasteiger partial charge in [-0.15, -0.1) is 0 Å². The molecular formula is C16H26N2. The first-order valence-corrected chi connectivity index (χ1v) is 7.68. The highest BCUT2D eigenvalue weighted by Crippen LogP contribution is 2.17. The van der Waals surface area contributed by atoms with Gasteiger partial charge in [-0.2, -0.15) is 10.2 Å². The average molecular weight is 246 g/mol. The van der Waals surface area contributed by atoms with Gasteiger partial charge in [-0.05, 0) is 44.2 Å². The summed E-state index contributed by atoms with van der Waals surface area (Å²) >= 11 is 0. The summed E-state index contributed by atoms with van der Waals surface area (Å²) in [5.41, 5.74) is 3.79. The zero-order chi connectivity index (χ0) is 12.6. The van der Waals surface area contributed by atoms with Gasteiger partial charge in [0.2, 0.25) is 0 Å². The maximum Gasteiger partial charge on any atom is 0.0663 e. The van der Waals surface area contributed by atoms with Gasteiger partial charge >= 0.3 is 0 Å². The molecule has 0 spiro atoms. The van der Waals surface area contributed by atoms with Crippen LogP contribution in [-0.2, 0) is 12.8 Å². The minimum Gasteiger partial charge on any atom is -0.156 e. The van der Waals surface area contributed by atoms with E-state index in [1.807, 2.05) is 0 Å². The Kier molecular flexibility index (Phi) is 5.63. The Labute approximate surface area is 111 Å². The summed E-state index contributed by atoms with van der Waals surface area (Å²) < 4.78 is 0. The van der Waals surface area contributed by atoms with Crippen LogP contribution in [0.5, 0.6) is 0 Å². The first kappa shape index (κ1) is 13.5. The van der Waals surface area contributed by atoms with Crippen LogP contribution in [-0.4, -0.2) is 10.2 Å². The molecule has 1 aliphatic rings. The number of hydrogen-bond donors (Lipinski definition) is 0. The van der Waals surface area contributed by atoms with Gasteiger partial charge in [0.05, 0.1) is 11.4 Å². The van der Waals surface area contributed by atoms with E-state index in [0.29, 0.717) is 0 Å². The van der Waals surface area contributed by atoms with Crippen LogP contribution < -0.4 is 0 Å². The maximum atomic E-state index is 4.42. The number of aromatic nitrogens is 2. The van der Waals surface area contributed by atoms with Crippen molar-refractivity contribution in [3.63, 3.8) is 0 Å². The molecule has 0 aliphatic heterocycles. The van der Waals surface area contributed by atoms with Crippen LogP contribution in [0.2, 0.25) is 0 Å². The van der Waals surface area contributed by atoms with Crippen LogP contribution in [0.4, 0.5) is 0 Å². The van der Waals surface area contributed by atoms with E-state index in [9.17, 15) is 0 Å². The molecule has 1 aliphatic carbocycles. The molecule has 1 heterocycles. The van der Waals surface area contributed by atoms with Crippen molar-refractivity contribution >= 4 is 0 Å². The van der Waals surface area contributed by atoms with Crippen LogP contribution in [0, 0.1) is 6.92 Å². The molecule has 2 rings (SSSR count). The molecule has 0 saturated carbocycles. The van der Waals surface area contributed by atoms with Gasteiger partial charge in [0.15, 0.2) is 0 Å². The van der Waals surface area contributed by atoms with Crippen molar-refractivity contribution in [2.45, 2.75) is 77.6 Å². The molecule has 2 nitrogen and oxygen atoms in total. The minimum absolute atomic E-state index is 1.07. The predicted molar refractivity (Wildman–Crippen MR) is 75.7 cm³/mol. The zero-order valence-corrected chi connectivity index (χ0v) is 11.7. The molecule has 2 heteroatoms. The fraction of sp³-hybridized carbons (Fsp3) is 0.750. The van der Waals surface area contributed by atoms with Gasteiger partial charge < -0.3 is 0 Å². The van der Waals surface area contributed by atoms with Crippen molar-refractivity contribution in [2.24, 2.45) is 0 Å². The summed E-state index contributed by atoms with van der Waals surface area (Å²) in [6.45, 7) is 2.05. The third-order valence-electron chi connectivity index (χ3n) is 3.94. The van der Waals surface area contributed by atoms with Crippen LogP contribution >= 0.6 is 0 Å². The molecule has 0 amide bonds. The van der Waals surface area contributed by atoms with Crippen LogP contribution in [0.3, 0.4) is 0 Å². The summed E-state index contributed by atoms with van der Waals surface area (Å²) in [4.78, 5) is 0. The van der Waals surface area contributed by atoms with E-state index in [-0.39, 0.29) is 0 Å². The molecular weight excluding hydrogens is 220 g/mol. The molecule has 0 radical (unpaired) electrons. The quantitative estimate of drug-likeness (QED) is 0.678. The summed E-state index contributed by atoms with van der Waals surface area (Å²) in [5.74, 6) is 0. The minimum atomic E-state index is 1.07. The first-order chi connectivity index (χ1) is 8.86. The SMILES string of the molecule is Cc1cc2c(nn1)CCCCCCCCCCC2. The number of hydrogen-bond acceptors (Lipinski definition) is 2. The lowest BCUT2D eigenvalue weighted by Crippen LogP contribution is -2.02. The van der Waals surface area contributed by atoms with E-state index in [2.05, 4.69) is 23.2 Å². The zero-order valence-electron chi connectivity index (χ0n) is 11.7. The second-order valence-corrected chi connectivity index (χ2v) is 5.64. The Morgan fingerprint density at radius 1 is 0.722 bits per heavy atom. The van der Waals surface area contributed by atoms with Gasteiger partial charge in [-0.1, -0.05) is 44.9 Å². The number of nitrogens with zero attached hydrogens (tertiary/aromatic N) is 2. The third kappa shape index (κ3) is 4.40. The van der Waals surface area contributed by atoms with Crippen molar-refractivity contribution in [2.75, 3.05) is 0 Å². The highest BCUT2D eigenvalue weighted by molar-refractivity contribution is 5.21. The van der Waals surface area contributed by atoms with Gasteiger partial charge in [-0.25, -0.2) is 0 Å². The van der Waals surface area contributed by atoms with Crippen LogP contribution in [0.15, 0.2) is 6.07 Å². The maximum absolute atomic E-state index is 4.42. The third-order valence-corrected chi connectivity index (χ3v) is 3.94. The Bertz CT molecular complexity index is 360. The van der Waals surface area contributed by atoms with Gasteiger partial charge in [0, 0.05) is 0 Å². The number of aryl methyl sites for hydroxylation is 3. The van der Waals surface area contributed by atoms with E-state index in [1.54, 1.807) is 0 Å². The van der Waals surface area contributed by atoms with Gasteiger partial charge in [0.25, 0.3) is 0 Å². The van der Waals surface area contributed by atoms with Gasteiger partial charge in [-0.3, -0.25) is 0 Å².